The molecular weight excluding hydrogens is 327 g/mol. The number of rotatable bonds is 3. The van der Waals surface area contributed by atoms with Crippen molar-refractivity contribution in [3.8, 4) is 16.9 Å². The van der Waals surface area contributed by atoms with Crippen LogP contribution >= 0.6 is 11.6 Å². The van der Waals surface area contributed by atoms with Gasteiger partial charge in [0.25, 0.3) is 0 Å². The van der Waals surface area contributed by atoms with E-state index >= 15 is 0 Å². The first-order valence-corrected chi connectivity index (χ1v) is 7.76. The minimum atomic E-state index is -0.469. The fourth-order valence-corrected chi connectivity index (χ4v) is 2.46. The lowest BCUT2D eigenvalue weighted by Crippen LogP contribution is -2.08. The number of hydrogen-bond donors (Lipinski definition) is 0. The van der Waals surface area contributed by atoms with Gasteiger partial charge in [-0.15, -0.1) is 0 Å². The SMILES string of the molecule is Cc1ccc(C(=O)Oc2ccc(-c3cccc(Cl)c3F)cc2)cc1. The van der Waals surface area contributed by atoms with E-state index in [0.29, 0.717) is 22.4 Å². The highest BCUT2D eigenvalue weighted by molar-refractivity contribution is 6.31. The molecule has 0 amide bonds. The topological polar surface area (TPSA) is 26.3 Å². The molecule has 0 bridgehead atoms. The van der Waals surface area contributed by atoms with Crippen molar-refractivity contribution in [3.05, 3.63) is 88.7 Å². The van der Waals surface area contributed by atoms with Crippen molar-refractivity contribution in [2.45, 2.75) is 6.92 Å². The second-order valence-electron chi connectivity index (χ2n) is 5.38. The molecule has 0 saturated heterocycles. The summed E-state index contributed by atoms with van der Waals surface area (Å²) in [4.78, 5) is 12.1. The van der Waals surface area contributed by atoms with Gasteiger partial charge in [0.2, 0.25) is 0 Å². The van der Waals surface area contributed by atoms with Crippen LogP contribution in [0.15, 0.2) is 66.7 Å². The Bertz CT molecular complexity index is 871. The third-order valence-corrected chi connectivity index (χ3v) is 3.91. The molecule has 0 aliphatic heterocycles. The lowest BCUT2D eigenvalue weighted by atomic mass is 10.1. The molecule has 0 atom stereocenters. The third-order valence-electron chi connectivity index (χ3n) is 3.61. The molecule has 3 aromatic carbocycles. The Hall–Kier alpha value is -2.65. The number of ether oxygens (including phenoxy) is 1. The quantitative estimate of drug-likeness (QED) is 0.453. The van der Waals surface area contributed by atoms with Crippen molar-refractivity contribution < 1.29 is 13.9 Å². The minimum absolute atomic E-state index is 0.0716. The summed E-state index contributed by atoms with van der Waals surface area (Å²) in [5.41, 5.74) is 2.61. The van der Waals surface area contributed by atoms with Crippen LogP contribution in [-0.2, 0) is 0 Å². The number of halogens is 2. The van der Waals surface area contributed by atoms with E-state index < -0.39 is 11.8 Å². The lowest BCUT2D eigenvalue weighted by molar-refractivity contribution is 0.0735. The van der Waals surface area contributed by atoms with Gasteiger partial charge in [-0.05, 0) is 42.8 Å². The van der Waals surface area contributed by atoms with Gasteiger partial charge in [-0.1, -0.05) is 53.6 Å². The molecule has 0 saturated carbocycles. The van der Waals surface area contributed by atoms with Crippen LogP contribution in [0.4, 0.5) is 4.39 Å². The zero-order valence-corrected chi connectivity index (χ0v) is 13.7. The minimum Gasteiger partial charge on any atom is -0.423 e. The first kappa shape index (κ1) is 16.2. The average molecular weight is 341 g/mol. The Labute approximate surface area is 144 Å². The zero-order valence-electron chi connectivity index (χ0n) is 12.9. The Morgan fingerprint density at radius 2 is 1.62 bits per heavy atom. The fraction of sp³-hybridized carbons (Fsp3) is 0.0500. The highest BCUT2D eigenvalue weighted by Gasteiger charge is 2.11. The third kappa shape index (κ3) is 3.47. The van der Waals surface area contributed by atoms with Gasteiger partial charge in [0.05, 0.1) is 10.6 Å². The normalized spacial score (nSPS) is 10.5. The van der Waals surface area contributed by atoms with Gasteiger partial charge >= 0.3 is 5.97 Å². The molecule has 0 N–H and O–H groups in total. The first-order chi connectivity index (χ1) is 11.5. The Morgan fingerprint density at radius 1 is 0.958 bits per heavy atom. The molecule has 3 aromatic rings. The Balaban J connectivity index is 1.78. The second-order valence-corrected chi connectivity index (χ2v) is 5.79. The molecule has 0 aliphatic rings. The van der Waals surface area contributed by atoms with Crippen molar-refractivity contribution in [2.24, 2.45) is 0 Å². The Kier molecular flexibility index (Phi) is 4.63. The molecule has 0 radical (unpaired) electrons. The molecule has 120 valence electrons. The molecule has 0 aromatic heterocycles. The molecule has 2 nitrogen and oxygen atoms in total. The van der Waals surface area contributed by atoms with E-state index in [-0.39, 0.29) is 5.02 Å². The number of esters is 1. The molecule has 3 rings (SSSR count). The number of benzene rings is 3. The maximum Gasteiger partial charge on any atom is 0.343 e. The van der Waals surface area contributed by atoms with Gasteiger partial charge < -0.3 is 4.74 Å². The van der Waals surface area contributed by atoms with E-state index in [9.17, 15) is 9.18 Å². The van der Waals surface area contributed by atoms with Gasteiger partial charge in [0.15, 0.2) is 0 Å². The summed E-state index contributed by atoms with van der Waals surface area (Å²) in [6.45, 7) is 1.95. The predicted octanol–water partition coefficient (Wildman–Crippen LogP) is 5.67. The fourth-order valence-electron chi connectivity index (χ4n) is 2.28. The van der Waals surface area contributed by atoms with Gasteiger partial charge in [-0.2, -0.15) is 0 Å². The van der Waals surface area contributed by atoms with Crippen LogP contribution in [-0.4, -0.2) is 5.97 Å². The van der Waals surface area contributed by atoms with Crippen molar-refractivity contribution in [3.63, 3.8) is 0 Å². The summed E-state index contributed by atoms with van der Waals surface area (Å²) in [5.74, 6) is -0.507. The largest absolute Gasteiger partial charge is 0.423 e. The lowest BCUT2D eigenvalue weighted by Gasteiger charge is -2.07. The summed E-state index contributed by atoms with van der Waals surface area (Å²) in [6.07, 6.45) is 0. The number of carbonyl (C=O) groups excluding carboxylic acids is 1. The molecule has 24 heavy (non-hydrogen) atoms. The second kappa shape index (κ2) is 6.85. The standard InChI is InChI=1S/C20H14ClFO2/c1-13-5-7-15(8-6-13)20(23)24-16-11-9-14(10-12-16)17-3-2-4-18(21)19(17)22/h2-12H,1H3. The number of hydrogen-bond acceptors (Lipinski definition) is 2. The molecule has 0 fully saturated rings. The van der Waals surface area contributed by atoms with E-state index in [1.54, 1.807) is 48.5 Å². The summed E-state index contributed by atoms with van der Waals surface area (Å²) in [6, 6.07) is 18.6. The summed E-state index contributed by atoms with van der Waals surface area (Å²) >= 11 is 5.80. The van der Waals surface area contributed by atoms with Crippen LogP contribution in [0.3, 0.4) is 0 Å². The van der Waals surface area contributed by atoms with Crippen molar-refractivity contribution in [1.29, 1.82) is 0 Å². The number of aryl methyl sites for hydroxylation is 1. The molecule has 0 unspecified atom stereocenters. The molecule has 0 aliphatic carbocycles. The van der Waals surface area contributed by atoms with Crippen molar-refractivity contribution >= 4 is 17.6 Å². The van der Waals surface area contributed by atoms with Crippen LogP contribution in [0.2, 0.25) is 5.02 Å². The van der Waals surface area contributed by atoms with Gasteiger partial charge in [-0.25, -0.2) is 9.18 Å². The van der Waals surface area contributed by atoms with E-state index in [0.717, 1.165) is 5.56 Å². The first-order valence-electron chi connectivity index (χ1n) is 7.38. The van der Waals surface area contributed by atoms with Gasteiger partial charge in [0, 0.05) is 5.56 Å². The summed E-state index contributed by atoms with van der Waals surface area (Å²) < 4.78 is 19.4. The molecular formula is C20H14ClFO2. The highest BCUT2D eigenvalue weighted by Crippen LogP contribution is 2.29. The monoisotopic (exact) mass is 340 g/mol. The number of carbonyl (C=O) groups is 1. The summed E-state index contributed by atoms with van der Waals surface area (Å²) in [5, 5.41) is 0.0716. The maximum atomic E-state index is 14.0. The van der Waals surface area contributed by atoms with E-state index in [2.05, 4.69) is 0 Å². The van der Waals surface area contributed by atoms with Crippen LogP contribution in [0.5, 0.6) is 5.75 Å². The van der Waals surface area contributed by atoms with Crippen molar-refractivity contribution in [2.75, 3.05) is 0 Å². The van der Waals surface area contributed by atoms with Crippen LogP contribution in [0.1, 0.15) is 15.9 Å². The van der Waals surface area contributed by atoms with Gasteiger partial charge in [0.1, 0.15) is 11.6 Å². The van der Waals surface area contributed by atoms with E-state index in [1.807, 2.05) is 19.1 Å². The molecule has 0 heterocycles. The molecule has 0 spiro atoms. The maximum absolute atomic E-state index is 14.0. The van der Waals surface area contributed by atoms with Crippen molar-refractivity contribution in [1.82, 2.24) is 0 Å². The van der Waals surface area contributed by atoms with Gasteiger partial charge in [-0.3, -0.25) is 0 Å². The predicted molar refractivity (Wildman–Crippen MR) is 93.0 cm³/mol. The van der Waals surface area contributed by atoms with E-state index in [1.165, 1.54) is 6.07 Å². The highest BCUT2D eigenvalue weighted by atomic mass is 35.5. The van der Waals surface area contributed by atoms with Crippen LogP contribution in [0, 0.1) is 12.7 Å². The smallest absolute Gasteiger partial charge is 0.343 e. The average Bonchev–Trinajstić information content (AvgIpc) is 2.59. The van der Waals surface area contributed by atoms with E-state index in [4.69, 9.17) is 16.3 Å². The van der Waals surface area contributed by atoms with Crippen LogP contribution in [0.25, 0.3) is 11.1 Å². The zero-order chi connectivity index (χ0) is 17.1. The summed E-state index contributed by atoms with van der Waals surface area (Å²) in [7, 11) is 0. The Morgan fingerprint density at radius 3 is 2.29 bits per heavy atom. The van der Waals surface area contributed by atoms with Crippen LogP contribution < -0.4 is 4.74 Å². The molecule has 4 heteroatoms.